The lowest BCUT2D eigenvalue weighted by atomic mass is 10.3. The molecule has 0 atom stereocenters. The number of pyridine rings is 1. The molecule has 0 aliphatic carbocycles. The molecule has 18 heteroatoms. The summed E-state index contributed by atoms with van der Waals surface area (Å²) in [5, 5.41) is 21.0. The van der Waals surface area contributed by atoms with Gasteiger partial charge >= 0.3 is 0 Å². The molecular weight excluding hydrogens is 707 g/mol. The molecule has 0 unspecified atom stereocenters. The molecule has 0 spiro atoms. The van der Waals surface area contributed by atoms with Crippen LogP contribution in [0.1, 0.15) is 11.1 Å². The van der Waals surface area contributed by atoms with Crippen LogP contribution in [-0.4, -0.2) is 61.8 Å². The van der Waals surface area contributed by atoms with Crippen LogP contribution >= 0.6 is 11.3 Å². The molecule has 6 rings (SSSR count). The third-order valence-corrected chi connectivity index (χ3v) is 11.5. The summed E-state index contributed by atoms with van der Waals surface area (Å²) in [6, 6.07) is 19.9. The van der Waals surface area contributed by atoms with Crippen LogP contribution in [0.2, 0.25) is 0 Å². The normalized spacial score (nSPS) is 11.7. The molecule has 5 aromatic heterocycles. The molecule has 5 heterocycles. The van der Waals surface area contributed by atoms with E-state index >= 15 is 0 Å². The number of thiophene rings is 1. The van der Waals surface area contributed by atoms with Crippen molar-refractivity contribution in [2.24, 2.45) is 0 Å². The number of benzene rings is 1. The Balaban J connectivity index is 0.000000194. The summed E-state index contributed by atoms with van der Waals surface area (Å²) < 4.78 is 54.6. The smallest absolute Gasteiger partial charge is 0.277 e. The molecule has 1 aromatic carbocycles. The lowest BCUT2D eigenvalue weighted by molar-refractivity contribution is -0.124. The van der Waals surface area contributed by atoms with E-state index in [1.807, 2.05) is 12.1 Å². The van der Waals surface area contributed by atoms with Crippen molar-refractivity contribution in [3.63, 3.8) is 0 Å². The van der Waals surface area contributed by atoms with Crippen molar-refractivity contribution in [3.05, 3.63) is 139 Å². The van der Waals surface area contributed by atoms with E-state index in [-0.39, 0.29) is 9.10 Å². The first kappa shape index (κ1) is 35.4. The molecule has 0 aliphatic rings. The van der Waals surface area contributed by atoms with Crippen LogP contribution in [0, 0.1) is 0 Å². The quantitative estimate of drug-likeness (QED) is 0.0910. The number of nitrogens with zero attached hydrogens (tertiary/aromatic N) is 5. The van der Waals surface area contributed by atoms with Crippen molar-refractivity contribution < 1.29 is 36.8 Å². The van der Waals surface area contributed by atoms with Gasteiger partial charge in [0.2, 0.25) is 0 Å². The number of rotatable bonds is 10. The SMILES string of the molecule is O=C(C=Cc1ccn(S(=O)(=O)c2ccc(-c3ccccn3)s2)c1)NO.O=C(C=Cc1ccn(S(=O)(=O)c2ccc(-n3cccn3)cc2)c1)NO. The molecule has 50 heavy (non-hydrogen) atoms. The zero-order valence-corrected chi connectivity index (χ0v) is 28.0. The Kier molecular flexibility index (Phi) is 11.0. The number of hydroxylamine groups is 2. The Morgan fingerprint density at radius 1 is 0.700 bits per heavy atom. The highest BCUT2D eigenvalue weighted by Crippen LogP contribution is 2.30. The van der Waals surface area contributed by atoms with E-state index in [4.69, 9.17) is 10.4 Å². The first-order valence-electron chi connectivity index (χ1n) is 14.2. The number of amides is 2. The molecule has 0 aliphatic heterocycles. The highest BCUT2D eigenvalue weighted by Gasteiger charge is 2.20. The minimum Gasteiger partial charge on any atom is -0.288 e. The van der Waals surface area contributed by atoms with E-state index < -0.39 is 31.9 Å². The summed E-state index contributed by atoms with van der Waals surface area (Å²) in [6.45, 7) is 0. The molecule has 0 saturated carbocycles. The van der Waals surface area contributed by atoms with Crippen LogP contribution in [0.4, 0.5) is 0 Å². The maximum absolute atomic E-state index is 12.7. The summed E-state index contributed by atoms with van der Waals surface area (Å²) >= 11 is 1.13. The fraction of sp³-hybridized carbons (Fsp3) is 0. The van der Waals surface area contributed by atoms with E-state index in [0.29, 0.717) is 16.8 Å². The molecule has 6 aromatic rings. The topological polar surface area (TPSA) is 208 Å². The molecule has 0 fully saturated rings. The molecule has 0 radical (unpaired) electrons. The van der Waals surface area contributed by atoms with Gasteiger partial charge in [-0.3, -0.25) is 25.0 Å². The van der Waals surface area contributed by atoms with Gasteiger partial charge in [0.05, 0.1) is 21.2 Å². The first-order valence-corrected chi connectivity index (χ1v) is 17.9. The zero-order valence-electron chi connectivity index (χ0n) is 25.6. The average Bonchev–Trinajstić information content (AvgIpc) is 3.98. The summed E-state index contributed by atoms with van der Waals surface area (Å²) in [7, 11) is -7.47. The third kappa shape index (κ3) is 8.38. The van der Waals surface area contributed by atoms with Gasteiger partial charge in [-0.1, -0.05) is 6.07 Å². The maximum atomic E-state index is 12.7. The minimum absolute atomic E-state index is 0.127. The van der Waals surface area contributed by atoms with Gasteiger partial charge < -0.3 is 0 Å². The number of carbonyl (C=O) groups is 2. The summed E-state index contributed by atoms with van der Waals surface area (Å²) in [4.78, 5) is 27.0. The third-order valence-electron chi connectivity index (χ3n) is 6.67. The van der Waals surface area contributed by atoms with Crippen LogP contribution in [-0.2, 0) is 29.6 Å². The molecule has 256 valence electrons. The number of hydrogen-bond acceptors (Lipinski definition) is 11. The highest BCUT2D eigenvalue weighted by molar-refractivity contribution is 7.92. The van der Waals surface area contributed by atoms with E-state index in [1.165, 1.54) is 66.1 Å². The molecule has 0 saturated heterocycles. The van der Waals surface area contributed by atoms with Crippen LogP contribution < -0.4 is 11.0 Å². The van der Waals surface area contributed by atoms with Crippen LogP contribution in [0.5, 0.6) is 0 Å². The standard InChI is InChI=1S/C16H14N4O4S.C16H13N3O4S2/c21-16(18-22)7-2-13-8-11-19(12-13)25(23,24)15-5-3-14(4-6-15)20-10-1-9-17-20;20-15(18-21)6-4-12-8-10-19(11-12)25(22,23)16-7-5-14(24-16)13-3-1-2-9-17-13/h1-12,22H,(H,18,21);1-11,21H,(H,18,20). The van der Waals surface area contributed by atoms with Crippen LogP contribution in [0.25, 0.3) is 28.4 Å². The Hall–Kier alpha value is -5.92. The predicted octanol–water partition coefficient (Wildman–Crippen LogP) is 3.80. The predicted molar refractivity (Wildman–Crippen MR) is 183 cm³/mol. The Morgan fingerprint density at radius 2 is 1.32 bits per heavy atom. The average molecular weight is 734 g/mol. The number of nitrogens with one attached hydrogen (secondary N) is 2. The van der Waals surface area contributed by atoms with Crippen molar-refractivity contribution in [1.82, 2.24) is 33.7 Å². The molecule has 4 N–H and O–H groups in total. The number of hydrogen-bond donors (Lipinski definition) is 4. The maximum Gasteiger partial charge on any atom is 0.277 e. The molecular formula is C32H27N7O8S3. The molecule has 0 bridgehead atoms. The largest absolute Gasteiger partial charge is 0.288 e. The van der Waals surface area contributed by atoms with Gasteiger partial charge in [-0.25, -0.2) is 32.0 Å². The van der Waals surface area contributed by atoms with E-state index in [1.54, 1.807) is 65.7 Å². The van der Waals surface area contributed by atoms with Crippen LogP contribution in [0.3, 0.4) is 0 Å². The van der Waals surface area contributed by atoms with E-state index in [0.717, 1.165) is 42.0 Å². The van der Waals surface area contributed by atoms with Gasteiger partial charge in [0.1, 0.15) is 4.21 Å². The van der Waals surface area contributed by atoms with Gasteiger partial charge in [0, 0.05) is 55.5 Å². The Labute approximate surface area is 289 Å². The fourth-order valence-electron chi connectivity index (χ4n) is 4.22. The lowest BCUT2D eigenvalue weighted by Crippen LogP contribution is -2.14. The summed E-state index contributed by atoms with van der Waals surface area (Å²) in [5.41, 5.74) is 5.38. The van der Waals surface area contributed by atoms with Crippen molar-refractivity contribution in [2.45, 2.75) is 9.10 Å². The zero-order chi connectivity index (χ0) is 35.7. The monoisotopic (exact) mass is 733 g/mol. The fourth-order valence-corrected chi connectivity index (χ4v) is 8.02. The Morgan fingerprint density at radius 3 is 1.86 bits per heavy atom. The van der Waals surface area contributed by atoms with Crippen molar-refractivity contribution in [2.75, 3.05) is 0 Å². The van der Waals surface area contributed by atoms with Gasteiger partial charge in [-0.05, 0) is 90.0 Å². The second-order valence-electron chi connectivity index (χ2n) is 9.96. The Bertz CT molecular complexity index is 2360. The van der Waals surface area contributed by atoms with Gasteiger partial charge in [0.25, 0.3) is 31.9 Å². The van der Waals surface area contributed by atoms with Crippen molar-refractivity contribution in [3.8, 4) is 16.3 Å². The second-order valence-corrected chi connectivity index (χ2v) is 15.0. The van der Waals surface area contributed by atoms with Gasteiger partial charge in [-0.2, -0.15) is 13.5 Å². The van der Waals surface area contributed by atoms with Gasteiger partial charge in [0.15, 0.2) is 0 Å². The van der Waals surface area contributed by atoms with E-state index in [9.17, 15) is 26.4 Å². The highest BCUT2D eigenvalue weighted by atomic mass is 32.2. The summed E-state index contributed by atoms with van der Waals surface area (Å²) in [5.74, 6) is -1.40. The lowest BCUT2D eigenvalue weighted by Gasteiger charge is -2.07. The molecule has 15 nitrogen and oxygen atoms in total. The van der Waals surface area contributed by atoms with Crippen molar-refractivity contribution in [1.29, 1.82) is 0 Å². The van der Waals surface area contributed by atoms with Gasteiger partial charge in [-0.15, -0.1) is 11.3 Å². The minimum atomic E-state index is -3.74. The van der Waals surface area contributed by atoms with E-state index in [2.05, 4.69) is 10.1 Å². The molecule has 2 amide bonds. The summed E-state index contributed by atoms with van der Waals surface area (Å²) in [6.07, 6.45) is 15.5. The second kappa shape index (κ2) is 15.5. The first-order chi connectivity index (χ1) is 24.0. The number of carbonyl (C=O) groups excluding carboxylic acids is 2. The number of aromatic nitrogens is 5. The van der Waals surface area contributed by atoms with Crippen molar-refractivity contribution >= 4 is 55.3 Å². The van der Waals surface area contributed by atoms with Crippen LogP contribution in [0.15, 0.2) is 137 Å².